The van der Waals surface area contributed by atoms with Crippen LogP contribution in [-0.2, 0) is 17.9 Å². The van der Waals surface area contributed by atoms with E-state index in [0.29, 0.717) is 41.5 Å². The third-order valence-corrected chi connectivity index (χ3v) is 6.13. The highest BCUT2D eigenvalue weighted by molar-refractivity contribution is 5.95. The molecule has 0 saturated carbocycles. The molecule has 4 rings (SSSR count). The molecule has 0 heterocycles. The van der Waals surface area contributed by atoms with Crippen LogP contribution in [0.15, 0.2) is 97.1 Å². The zero-order valence-corrected chi connectivity index (χ0v) is 21.9. The van der Waals surface area contributed by atoms with E-state index in [2.05, 4.69) is 10.6 Å². The fourth-order valence-electron chi connectivity index (χ4n) is 4.01. The normalized spacial score (nSPS) is 11.2. The molecule has 0 radical (unpaired) electrons. The largest absolute Gasteiger partial charge is 0.497 e. The summed E-state index contributed by atoms with van der Waals surface area (Å²) in [6, 6.07) is 29.1. The first-order valence-electron chi connectivity index (χ1n) is 12.4. The Balaban J connectivity index is 1.56. The molecule has 4 aromatic carbocycles. The van der Waals surface area contributed by atoms with Gasteiger partial charge in [-0.05, 0) is 65.2 Å². The van der Waals surface area contributed by atoms with Crippen molar-refractivity contribution in [2.75, 3.05) is 19.5 Å². The molecule has 8 heteroatoms. The van der Waals surface area contributed by atoms with E-state index >= 15 is 0 Å². The summed E-state index contributed by atoms with van der Waals surface area (Å²) in [5, 5.41) is 13.9. The molecule has 0 aliphatic carbocycles. The molecule has 0 aliphatic rings. The number of anilines is 1. The lowest BCUT2D eigenvalue weighted by Crippen LogP contribution is -2.33. The first-order valence-corrected chi connectivity index (χ1v) is 12.4. The highest BCUT2D eigenvalue weighted by atomic mass is 16.5. The Labute approximate surface area is 228 Å². The van der Waals surface area contributed by atoms with Gasteiger partial charge in [0.15, 0.2) is 11.5 Å². The second-order valence-electron chi connectivity index (χ2n) is 8.82. The standard InChI is InChI=1S/C31H32N4O4/c1-37-26-10-6-9-22(17-26)20-39-27-16-13-24(18-28(27)38-2)29(31(36)34-19-21-7-4-3-5-8-21)35-25-14-11-23(12-15-25)30(32)33/h3-18,29,35H,19-20H2,1-2H3,(H3,32,33)(H,34,36)/t29-/m0/s1. The van der Waals surface area contributed by atoms with Crippen LogP contribution in [0.25, 0.3) is 0 Å². The summed E-state index contributed by atoms with van der Waals surface area (Å²) in [7, 11) is 3.19. The molecule has 1 amide bonds. The van der Waals surface area contributed by atoms with Gasteiger partial charge in [0.05, 0.1) is 14.2 Å². The molecule has 4 aromatic rings. The monoisotopic (exact) mass is 524 g/mol. The van der Waals surface area contributed by atoms with E-state index < -0.39 is 6.04 Å². The number of nitrogens with one attached hydrogen (secondary N) is 3. The predicted octanol–water partition coefficient (Wildman–Crippen LogP) is 5.04. The topological polar surface area (TPSA) is 119 Å². The third-order valence-electron chi connectivity index (χ3n) is 6.13. The average molecular weight is 525 g/mol. The highest BCUT2D eigenvalue weighted by Gasteiger charge is 2.22. The molecule has 0 aromatic heterocycles. The van der Waals surface area contributed by atoms with Crippen molar-refractivity contribution < 1.29 is 19.0 Å². The molecule has 0 fully saturated rings. The van der Waals surface area contributed by atoms with Crippen LogP contribution in [-0.4, -0.2) is 26.0 Å². The van der Waals surface area contributed by atoms with Crippen LogP contribution in [0, 0.1) is 5.41 Å². The molecule has 8 nitrogen and oxygen atoms in total. The number of nitrogen functional groups attached to an aromatic ring is 1. The number of methoxy groups -OCH3 is 2. The zero-order chi connectivity index (χ0) is 27.6. The van der Waals surface area contributed by atoms with Crippen LogP contribution in [0.2, 0.25) is 0 Å². The number of ether oxygens (including phenoxy) is 3. The number of carbonyl (C=O) groups is 1. The molecule has 0 saturated heterocycles. The van der Waals surface area contributed by atoms with Crippen molar-refractivity contribution in [3.05, 3.63) is 119 Å². The van der Waals surface area contributed by atoms with Crippen molar-refractivity contribution in [2.45, 2.75) is 19.2 Å². The fraction of sp³-hybridized carbons (Fsp3) is 0.161. The molecule has 5 N–H and O–H groups in total. The Morgan fingerprint density at radius 2 is 1.59 bits per heavy atom. The van der Waals surface area contributed by atoms with Gasteiger partial charge in [0.25, 0.3) is 0 Å². The van der Waals surface area contributed by atoms with Crippen molar-refractivity contribution in [3.8, 4) is 17.2 Å². The molecule has 1 atom stereocenters. The molecule has 0 bridgehead atoms. The first kappa shape index (κ1) is 27.1. The smallest absolute Gasteiger partial charge is 0.247 e. The minimum absolute atomic E-state index is 0.0204. The van der Waals surface area contributed by atoms with E-state index in [1.54, 1.807) is 50.6 Å². The van der Waals surface area contributed by atoms with Gasteiger partial charge in [-0.25, -0.2) is 0 Å². The molecule has 200 valence electrons. The third kappa shape index (κ3) is 7.29. The Bertz CT molecular complexity index is 1410. The van der Waals surface area contributed by atoms with Crippen LogP contribution in [0.5, 0.6) is 17.2 Å². The maximum absolute atomic E-state index is 13.4. The van der Waals surface area contributed by atoms with Gasteiger partial charge in [0, 0.05) is 17.8 Å². The van der Waals surface area contributed by atoms with Crippen molar-refractivity contribution in [3.63, 3.8) is 0 Å². The molecular weight excluding hydrogens is 492 g/mol. The summed E-state index contributed by atoms with van der Waals surface area (Å²) in [6.07, 6.45) is 0. The van der Waals surface area contributed by atoms with E-state index in [1.165, 1.54) is 0 Å². The molecule has 0 unspecified atom stereocenters. The lowest BCUT2D eigenvalue weighted by molar-refractivity contribution is -0.122. The molecule has 0 aliphatic heterocycles. The maximum atomic E-state index is 13.4. The number of hydrogen-bond donors (Lipinski definition) is 4. The van der Waals surface area contributed by atoms with E-state index in [-0.39, 0.29) is 11.7 Å². The fourth-order valence-corrected chi connectivity index (χ4v) is 4.01. The van der Waals surface area contributed by atoms with Gasteiger partial charge in [-0.1, -0.05) is 48.5 Å². The minimum Gasteiger partial charge on any atom is -0.497 e. The Kier molecular flexibility index (Phi) is 9.03. The number of nitrogens with two attached hydrogens (primary N) is 1. The Morgan fingerprint density at radius 1 is 0.846 bits per heavy atom. The minimum atomic E-state index is -0.724. The predicted molar refractivity (Wildman–Crippen MR) is 152 cm³/mol. The second-order valence-corrected chi connectivity index (χ2v) is 8.82. The number of carbonyl (C=O) groups excluding carboxylic acids is 1. The van der Waals surface area contributed by atoms with Crippen molar-refractivity contribution in [1.82, 2.24) is 5.32 Å². The van der Waals surface area contributed by atoms with E-state index in [0.717, 1.165) is 16.9 Å². The van der Waals surface area contributed by atoms with Gasteiger partial charge >= 0.3 is 0 Å². The van der Waals surface area contributed by atoms with Gasteiger partial charge in [-0.15, -0.1) is 0 Å². The van der Waals surface area contributed by atoms with Crippen LogP contribution in [0.4, 0.5) is 5.69 Å². The lowest BCUT2D eigenvalue weighted by Gasteiger charge is -2.22. The quantitative estimate of drug-likeness (QED) is 0.152. The van der Waals surface area contributed by atoms with Gasteiger partial charge in [-0.2, -0.15) is 0 Å². The van der Waals surface area contributed by atoms with E-state index in [4.69, 9.17) is 25.4 Å². The molecule has 0 spiro atoms. The van der Waals surface area contributed by atoms with Crippen LogP contribution in [0.1, 0.15) is 28.3 Å². The molecular formula is C31H32N4O4. The first-order chi connectivity index (χ1) is 19.0. The van der Waals surface area contributed by atoms with Crippen molar-refractivity contribution >= 4 is 17.4 Å². The lowest BCUT2D eigenvalue weighted by atomic mass is 10.0. The second kappa shape index (κ2) is 13.0. The van der Waals surface area contributed by atoms with Crippen LogP contribution in [0.3, 0.4) is 0 Å². The van der Waals surface area contributed by atoms with Gasteiger partial charge in [0.2, 0.25) is 5.91 Å². The van der Waals surface area contributed by atoms with Gasteiger partial charge in [0.1, 0.15) is 24.2 Å². The SMILES string of the molecule is COc1cccc(COc2ccc([C@H](Nc3ccc(C(=N)N)cc3)C(=O)NCc3ccccc3)cc2OC)c1. The van der Waals surface area contributed by atoms with Gasteiger partial charge in [-0.3, -0.25) is 10.2 Å². The number of hydrogen-bond acceptors (Lipinski definition) is 6. The van der Waals surface area contributed by atoms with Crippen molar-refractivity contribution in [2.24, 2.45) is 5.73 Å². The number of amides is 1. The summed E-state index contributed by atoms with van der Waals surface area (Å²) in [6.45, 7) is 0.717. The summed E-state index contributed by atoms with van der Waals surface area (Å²) in [5.41, 5.74) is 9.54. The average Bonchev–Trinajstić information content (AvgIpc) is 2.98. The maximum Gasteiger partial charge on any atom is 0.247 e. The summed E-state index contributed by atoms with van der Waals surface area (Å²) in [5.74, 6) is 1.59. The number of benzene rings is 4. The van der Waals surface area contributed by atoms with Crippen LogP contribution < -0.4 is 30.6 Å². The Hall–Kier alpha value is -4.98. The van der Waals surface area contributed by atoms with E-state index in [1.807, 2.05) is 60.7 Å². The van der Waals surface area contributed by atoms with E-state index in [9.17, 15) is 4.79 Å². The molecule has 39 heavy (non-hydrogen) atoms. The van der Waals surface area contributed by atoms with Crippen LogP contribution >= 0.6 is 0 Å². The summed E-state index contributed by atoms with van der Waals surface area (Å²) < 4.78 is 16.9. The van der Waals surface area contributed by atoms with Crippen molar-refractivity contribution in [1.29, 1.82) is 5.41 Å². The highest BCUT2D eigenvalue weighted by Crippen LogP contribution is 2.32. The number of amidine groups is 1. The summed E-state index contributed by atoms with van der Waals surface area (Å²) in [4.78, 5) is 13.4. The Morgan fingerprint density at radius 3 is 2.28 bits per heavy atom. The summed E-state index contributed by atoms with van der Waals surface area (Å²) >= 11 is 0. The number of rotatable bonds is 12. The van der Waals surface area contributed by atoms with Gasteiger partial charge < -0.3 is 30.6 Å². The zero-order valence-electron chi connectivity index (χ0n) is 21.9.